The zero-order valence-electron chi connectivity index (χ0n) is 20.6. The van der Waals surface area contributed by atoms with Crippen molar-refractivity contribution < 1.29 is 31.5 Å². The number of rotatable bonds is 4. The number of nitrogens with zero attached hydrogens (tertiary/aromatic N) is 3. The Hall–Kier alpha value is -4.41. The molecule has 39 heavy (non-hydrogen) atoms. The number of halogens is 5. The molecular formula is C28H21F5N4O2. The summed E-state index contributed by atoms with van der Waals surface area (Å²) in [6, 6.07) is 6.86. The fraction of sp³-hybridized carbons (Fsp3) is 0.214. The van der Waals surface area contributed by atoms with Crippen molar-refractivity contribution in [1.29, 1.82) is 0 Å². The van der Waals surface area contributed by atoms with E-state index in [1.165, 1.54) is 29.3 Å². The van der Waals surface area contributed by atoms with Gasteiger partial charge in [-0.3, -0.25) is 24.5 Å². The molecule has 2 aliphatic rings. The SMILES string of the molecule is CC1(C)C(=O)N(c2cncc(F)c2)C2=CC=CC(c3cnc(C(F)(F)F)c(C(=O)Nc4ccc(F)cc4)c3)C21. The zero-order valence-corrected chi connectivity index (χ0v) is 20.6. The third-order valence-electron chi connectivity index (χ3n) is 6.91. The van der Waals surface area contributed by atoms with Crippen molar-refractivity contribution in [1.82, 2.24) is 9.97 Å². The number of aromatic nitrogens is 2. The van der Waals surface area contributed by atoms with Gasteiger partial charge in [0.25, 0.3) is 5.91 Å². The maximum atomic E-state index is 13.9. The highest BCUT2D eigenvalue weighted by Crippen LogP contribution is 2.54. The van der Waals surface area contributed by atoms with E-state index >= 15 is 0 Å². The molecule has 2 atom stereocenters. The first-order valence-electron chi connectivity index (χ1n) is 11.9. The molecule has 3 aromatic rings. The lowest BCUT2D eigenvalue weighted by Crippen LogP contribution is -2.33. The molecule has 5 rings (SSSR count). The number of hydrogen-bond donors (Lipinski definition) is 1. The lowest BCUT2D eigenvalue weighted by molar-refractivity contribution is -0.141. The summed E-state index contributed by atoms with van der Waals surface area (Å²) >= 11 is 0. The molecule has 2 aromatic heterocycles. The van der Waals surface area contributed by atoms with Crippen LogP contribution in [0.15, 0.2) is 78.9 Å². The summed E-state index contributed by atoms with van der Waals surface area (Å²) in [6.07, 6.45) is 3.55. The number of alkyl halides is 3. The Morgan fingerprint density at radius 1 is 1.03 bits per heavy atom. The first kappa shape index (κ1) is 26.2. The Bertz CT molecular complexity index is 1530. The van der Waals surface area contributed by atoms with E-state index in [-0.39, 0.29) is 22.8 Å². The Morgan fingerprint density at radius 2 is 1.74 bits per heavy atom. The number of benzene rings is 1. The predicted octanol–water partition coefficient (Wildman–Crippen LogP) is 6.25. The lowest BCUT2D eigenvalue weighted by Gasteiger charge is -2.32. The maximum Gasteiger partial charge on any atom is 0.434 e. The van der Waals surface area contributed by atoms with Crippen LogP contribution in [0, 0.1) is 23.0 Å². The van der Waals surface area contributed by atoms with Crippen molar-refractivity contribution in [3.05, 3.63) is 107 Å². The van der Waals surface area contributed by atoms with E-state index < -0.39 is 52.2 Å². The highest BCUT2D eigenvalue weighted by atomic mass is 19.4. The molecule has 3 heterocycles. The number of fused-ring (bicyclic) bond motifs is 1. The molecule has 11 heteroatoms. The molecule has 0 spiro atoms. The van der Waals surface area contributed by atoms with Crippen LogP contribution in [0.2, 0.25) is 0 Å². The summed E-state index contributed by atoms with van der Waals surface area (Å²) in [5.41, 5.74) is -2.03. The summed E-state index contributed by atoms with van der Waals surface area (Å²) in [6.45, 7) is 3.40. The third kappa shape index (κ3) is 4.68. The van der Waals surface area contributed by atoms with Gasteiger partial charge >= 0.3 is 6.18 Å². The highest BCUT2D eigenvalue weighted by Gasteiger charge is 2.54. The zero-order chi connectivity index (χ0) is 28.1. The minimum absolute atomic E-state index is 0.101. The summed E-state index contributed by atoms with van der Waals surface area (Å²) < 4.78 is 68.7. The predicted molar refractivity (Wildman–Crippen MR) is 133 cm³/mol. The number of allylic oxidation sites excluding steroid dienone is 4. The van der Waals surface area contributed by atoms with Crippen molar-refractivity contribution in [2.24, 2.45) is 11.3 Å². The van der Waals surface area contributed by atoms with Crippen LogP contribution in [-0.4, -0.2) is 21.8 Å². The van der Waals surface area contributed by atoms with Gasteiger partial charge in [0, 0.05) is 35.5 Å². The first-order chi connectivity index (χ1) is 18.4. The number of anilines is 2. The van der Waals surface area contributed by atoms with E-state index in [1.807, 2.05) is 0 Å². The van der Waals surface area contributed by atoms with Crippen LogP contribution in [0.5, 0.6) is 0 Å². The second-order valence-corrected chi connectivity index (χ2v) is 9.83. The van der Waals surface area contributed by atoms with Crippen LogP contribution in [0.4, 0.5) is 33.3 Å². The minimum atomic E-state index is -4.93. The Balaban J connectivity index is 1.56. The highest BCUT2D eigenvalue weighted by molar-refractivity contribution is 6.06. The molecule has 1 aliphatic heterocycles. The van der Waals surface area contributed by atoms with E-state index in [0.717, 1.165) is 30.6 Å². The lowest BCUT2D eigenvalue weighted by atomic mass is 9.69. The molecule has 0 saturated carbocycles. The number of amides is 2. The quantitative estimate of drug-likeness (QED) is 0.397. The van der Waals surface area contributed by atoms with E-state index in [9.17, 15) is 31.5 Å². The summed E-state index contributed by atoms with van der Waals surface area (Å²) in [5, 5.41) is 2.35. The molecule has 6 nitrogen and oxygen atoms in total. The van der Waals surface area contributed by atoms with Gasteiger partial charge in [0.2, 0.25) is 5.91 Å². The molecule has 1 aliphatic carbocycles. The molecule has 0 radical (unpaired) electrons. The monoisotopic (exact) mass is 540 g/mol. The van der Waals surface area contributed by atoms with Gasteiger partial charge < -0.3 is 5.32 Å². The average Bonchev–Trinajstić information content (AvgIpc) is 3.09. The number of pyridine rings is 2. The van der Waals surface area contributed by atoms with E-state index in [2.05, 4.69) is 15.3 Å². The van der Waals surface area contributed by atoms with Crippen LogP contribution in [0.25, 0.3) is 0 Å². The van der Waals surface area contributed by atoms with Crippen LogP contribution in [0.3, 0.4) is 0 Å². The van der Waals surface area contributed by atoms with Gasteiger partial charge in [-0.25, -0.2) is 8.78 Å². The van der Waals surface area contributed by atoms with Crippen molar-refractivity contribution in [3.63, 3.8) is 0 Å². The standard InChI is InChI=1S/C28H21F5N4O2/c1-27(2)23-20(4-3-5-22(23)37(26(27)39)19-11-17(30)13-34-14-19)15-10-21(24(35-12-15)28(31,32)33)25(38)36-18-8-6-16(29)7-9-18/h3-14,20,23H,1-2H3,(H,36,38). The average molecular weight is 540 g/mol. The fourth-order valence-corrected chi connectivity index (χ4v) is 5.13. The smallest absolute Gasteiger partial charge is 0.322 e. The second kappa shape index (κ2) is 9.40. The molecule has 1 aromatic carbocycles. The van der Waals surface area contributed by atoms with Crippen LogP contribution in [-0.2, 0) is 11.0 Å². The maximum absolute atomic E-state index is 13.9. The van der Waals surface area contributed by atoms with E-state index in [0.29, 0.717) is 5.70 Å². The summed E-state index contributed by atoms with van der Waals surface area (Å²) in [4.78, 5) is 35.3. The molecule has 2 amide bonds. The largest absolute Gasteiger partial charge is 0.434 e. The topological polar surface area (TPSA) is 75.2 Å². The van der Waals surface area contributed by atoms with E-state index in [4.69, 9.17) is 0 Å². The molecule has 1 N–H and O–H groups in total. The third-order valence-corrected chi connectivity index (χ3v) is 6.91. The molecule has 200 valence electrons. The summed E-state index contributed by atoms with van der Waals surface area (Å²) in [5.74, 6) is -3.82. The van der Waals surface area contributed by atoms with Gasteiger partial charge in [0.15, 0.2) is 5.69 Å². The Kier molecular flexibility index (Phi) is 6.32. The van der Waals surface area contributed by atoms with Crippen molar-refractivity contribution in [2.45, 2.75) is 25.9 Å². The van der Waals surface area contributed by atoms with Gasteiger partial charge in [0.1, 0.15) is 11.6 Å². The Morgan fingerprint density at radius 3 is 2.41 bits per heavy atom. The molecular weight excluding hydrogens is 519 g/mol. The van der Waals surface area contributed by atoms with E-state index in [1.54, 1.807) is 32.1 Å². The second-order valence-electron chi connectivity index (χ2n) is 9.83. The summed E-state index contributed by atoms with van der Waals surface area (Å²) in [7, 11) is 0. The van der Waals surface area contributed by atoms with Crippen molar-refractivity contribution >= 4 is 23.2 Å². The molecule has 0 bridgehead atoms. The normalized spacial score (nSPS) is 20.0. The Labute approximate surface area is 219 Å². The van der Waals surface area contributed by atoms with Crippen molar-refractivity contribution in [2.75, 3.05) is 10.2 Å². The number of hydrogen-bond acceptors (Lipinski definition) is 4. The molecule has 1 saturated heterocycles. The van der Waals surface area contributed by atoms with Crippen molar-refractivity contribution in [3.8, 4) is 0 Å². The van der Waals surface area contributed by atoms with Gasteiger partial charge in [-0.05, 0) is 42.0 Å². The minimum Gasteiger partial charge on any atom is -0.322 e. The molecule has 1 fully saturated rings. The number of carbonyl (C=O) groups excluding carboxylic acids is 2. The van der Waals surface area contributed by atoms with Gasteiger partial charge in [0.05, 0.1) is 29.1 Å². The van der Waals surface area contributed by atoms with Gasteiger partial charge in [-0.2, -0.15) is 13.2 Å². The van der Waals surface area contributed by atoms with Crippen LogP contribution < -0.4 is 10.2 Å². The number of carbonyl (C=O) groups is 2. The first-order valence-corrected chi connectivity index (χ1v) is 11.9. The fourth-order valence-electron chi connectivity index (χ4n) is 5.13. The van der Waals surface area contributed by atoms with Crippen LogP contribution in [0.1, 0.15) is 41.4 Å². The van der Waals surface area contributed by atoms with Crippen LogP contribution >= 0.6 is 0 Å². The van der Waals surface area contributed by atoms with Gasteiger partial charge in [-0.1, -0.05) is 26.0 Å². The van der Waals surface area contributed by atoms with Gasteiger partial charge in [-0.15, -0.1) is 0 Å². The number of nitrogens with one attached hydrogen (secondary N) is 1. The molecule has 2 unspecified atom stereocenters.